The number of aromatic amines is 1. The highest BCUT2D eigenvalue weighted by Crippen LogP contribution is 2.32. The van der Waals surface area contributed by atoms with Gasteiger partial charge in [-0.2, -0.15) is 0 Å². The van der Waals surface area contributed by atoms with Crippen LogP contribution in [0.5, 0.6) is 11.5 Å². The van der Waals surface area contributed by atoms with Gasteiger partial charge in [0.05, 0.1) is 23.2 Å². The average molecular weight is 457 g/mol. The van der Waals surface area contributed by atoms with E-state index in [1.807, 2.05) is 42.5 Å². The zero-order valence-corrected chi connectivity index (χ0v) is 19.6. The van der Waals surface area contributed by atoms with Gasteiger partial charge in [-0.3, -0.25) is 0 Å². The van der Waals surface area contributed by atoms with Crippen LogP contribution in [0, 0.1) is 0 Å². The lowest BCUT2D eigenvalue weighted by Crippen LogP contribution is -2.10. The van der Waals surface area contributed by atoms with Crippen molar-refractivity contribution < 1.29 is 9.47 Å². The fourth-order valence-electron chi connectivity index (χ4n) is 3.35. The van der Waals surface area contributed by atoms with Gasteiger partial charge in [0.15, 0.2) is 0 Å². The van der Waals surface area contributed by atoms with Crippen LogP contribution in [0.1, 0.15) is 31.9 Å². The third kappa shape index (κ3) is 4.97. The smallest absolute Gasteiger partial charge is 0.139 e. The molecule has 6 heteroatoms. The average Bonchev–Trinajstić information content (AvgIpc) is 3.16. The summed E-state index contributed by atoms with van der Waals surface area (Å²) in [6.45, 7) is 6.98. The van der Waals surface area contributed by atoms with Crippen LogP contribution in [-0.2, 0) is 12.0 Å². The number of nitrogens with zero attached hydrogens (tertiary/aromatic N) is 1. The Balaban J connectivity index is 0.00000272. The predicted molar refractivity (Wildman–Crippen MR) is 130 cm³/mol. The van der Waals surface area contributed by atoms with Gasteiger partial charge in [-0.05, 0) is 47.4 Å². The fraction of sp³-hybridized carbons (Fsp3) is 0.240. The molecule has 1 N–H and O–H groups in total. The summed E-state index contributed by atoms with van der Waals surface area (Å²) in [5.74, 6) is 2.18. The summed E-state index contributed by atoms with van der Waals surface area (Å²) in [7, 11) is 1.65. The topological polar surface area (TPSA) is 47.1 Å². The zero-order chi connectivity index (χ0) is 21.3. The zero-order valence-electron chi connectivity index (χ0n) is 18.0. The van der Waals surface area contributed by atoms with Crippen LogP contribution in [0.25, 0.3) is 22.4 Å². The number of ether oxygens (including phenoxy) is 2. The van der Waals surface area contributed by atoms with Crippen molar-refractivity contribution in [3.05, 3.63) is 76.8 Å². The first kappa shape index (κ1) is 23.0. The van der Waals surface area contributed by atoms with Crippen molar-refractivity contribution in [1.29, 1.82) is 0 Å². The maximum absolute atomic E-state index is 6.39. The number of nitrogens with one attached hydrogen (secondary N) is 1. The quantitative estimate of drug-likeness (QED) is 0.345. The summed E-state index contributed by atoms with van der Waals surface area (Å²) < 4.78 is 11.4. The van der Waals surface area contributed by atoms with Crippen molar-refractivity contribution in [2.24, 2.45) is 0 Å². The number of methoxy groups -OCH3 is 1. The Morgan fingerprint density at radius 1 is 0.968 bits per heavy atom. The molecule has 4 nitrogen and oxygen atoms in total. The second-order valence-electron chi connectivity index (χ2n) is 8.31. The first-order chi connectivity index (χ1) is 14.3. The van der Waals surface area contributed by atoms with E-state index in [1.165, 1.54) is 5.56 Å². The van der Waals surface area contributed by atoms with Crippen molar-refractivity contribution in [3.8, 4) is 22.9 Å². The maximum atomic E-state index is 6.39. The Kier molecular flexibility index (Phi) is 6.83. The molecule has 31 heavy (non-hydrogen) atoms. The van der Waals surface area contributed by atoms with E-state index in [2.05, 4.69) is 44.0 Å². The van der Waals surface area contributed by atoms with E-state index in [4.69, 9.17) is 26.1 Å². The van der Waals surface area contributed by atoms with Crippen molar-refractivity contribution in [1.82, 2.24) is 9.97 Å². The van der Waals surface area contributed by atoms with Crippen LogP contribution >= 0.6 is 24.0 Å². The highest BCUT2D eigenvalue weighted by Gasteiger charge is 2.16. The van der Waals surface area contributed by atoms with Crippen LogP contribution in [-0.4, -0.2) is 17.1 Å². The molecule has 0 fully saturated rings. The minimum atomic E-state index is 0. The fourth-order valence-corrected chi connectivity index (χ4v) is 3.52. The maximum Gasteiger partial charge on any atom is 0.139 e. The van der Waals surface area contributed by atoms with E-state index in [1.54, 1.807) is 7.11 Å². The van der Waals surface area contributed by atoms with E-state index in [0.717, 1.165) is 33.7 Å². The number of aromatic nitrogens is 2. The van der Waals surface area contributed by atoms with Gasteiger partial charge in [0.2, 0.25) is 0 Å². The van der Waals surface area contributed by atoms with E-state index >= 15 is 0 Å². The molecule has 0 aliphatic carbocycles. The third-order valence-electron chi connectivity index (χ3n) is 5.13. The lowest BCUT2D eigenvalue weighted by atomic mass is 9.87. The summed E-state index contributed by atoms with van der Waals surface area (Å²) in [5, 5.41) is 0.555. The number of halogens is 2. The van der Waals surface area contributed by atoms with E-state index in [0.29, 0.717) is 17.4 Å². The number of benzene rings is 3. The van der Waals surface area contributed by atoms with Gasteiger partial charge in [-0.25, -0.2) is 4.98 Å². The summed E-state index contributed by atoms with van der Waals surface area (Å²) in [6, 6.07) is 19.8. The summed E-state index contributed by atoms with van der Waals surface area (Å²) >= 11 is 6.39. The number of rotatable bonds is 5. The minimum absolute atomic E-state index is 0. The van der Waals surface area contributed by atoms with Gasteiger partial charge in [0.25, 0.3) is 0 Å². The SMILES string of the molecule is COc1ccccc1COc1cc(-c2nc3ccc(C(C)(C)C)cc3[nH]2)ccc1Cl.Cl. The summed E-state index contributed by atoms with van der Waals surface area (Å²) in [6.07, 6.45) is 0. The van der Waals surface area contributed by atoms with Crippen molar-refractivity contribution in [2.45, 2.75) is 32.8 Å². The molecular weight excluding hydrogens is 431 g/mol. The number of para-hydroxylation sites is 1. The number of hydrogen-bond acceptors (Lipinski definition) is 3. The molecule has 0 atom stereocenters. The molecule has 0 saturated heterocycles. The van der Waals surface area contributed by atoms with Gasteiger partial charge in [0.1, 0.15) is 23.9 Å². The minimum Gasteiger partial charge on any atom is -0.496 e. The number of H-pyrrole nitrogens is 1. The summed E-state index contributed by atoms with van der Waals surface area (Å²) in [5.41, 5.74) is 5.18. The second-order valence-corrected chi connectivity index (χ2v) is 8.72. The third-order valence-corrected chi connectivity index (χ3v) is 5.44. The molecule has 0 spiro atoms. The summed E-state index contributed by atoms with van der Waals surface area (Å²) in [4.78, 5) is 8.18. The van der Waals surface area contributed by atoms with Gasteiger partial charge in [-0.1, -0.05) is 56.6 Å². The second kappa shape index (κ2) is 9.21. The molecule has 0 bridgehead atoms. The van der Waals surface area contributed by atoms with Crippen molar-refractivity contribution in [2.75, 3.05) is 7.11 Å². The molecule has 0 radical (unpaired) electrons. The number of hydrogen-bond donors (Lipinski definition) is 1. The van der Waals surface area contributed by atoms with Crippen LogP contribution in [0.3, 0.4) is 0 Å². The van der Waals surface area contributed by atoms with Gasteiger partial charge in [0, 0.05) is 11.1 Å². The molecule has 4 aromatic rings. The van der Waals surface area contributed by atoms with Crippen LogP contribution < -0.4 is 9.47 Å². The Bertz CT molecular complexity index is 1200. The van der Waals surface area contributed by atoms with E-state index in [9.17, 15) is 0 Å². The molecule has 1 aromatic heterocycles. The van der Waals surface area contributed by atoms with Crippen LogP contribution in [0.4, 0.5) is 0 Å². The van der Waals surface area contributed by atoms with Crippen LogP contribution in [0.2, 0.25) is 5.02 Å². The normalized spacial score (nSPS) is 11.3. The Labute approximate surface area is 194 Å². The lowest BCUT2D eigenvalue weighted by Gasteiger charge is -2.18. The molecule has 0 aliphatic rings. The highest BCUT2D eigenvalue weighted by atomic mass is 35.5. The Morgan fingerprint density at radius 2 is 1.74 bits per heavy atom. The number of imidazole rings is 1. The standard InChI is InChI=1S/C25H25ClN2O2.ClH/c1-25(2,3)18-10-12-20-21(14-18)28-24(27-20)16-9-11-19(26)23(13-16)30-15-17-7-5-6-8-22(17)29-4;/h5-14H,15H2,1-4H3,(H,27,28);1H. The van der Waals surface area contributed by atoms with Crippen molar-refractivity contribution >= 4 is 35.0 Å². The first-order valence-corrected chi connectivity index (χ1v) is 10.3. The monoisotopic (exact) mass is 456 g/mol. The predicted octanol–water partition coefficient (Wildman–Crippen LogP) is 7.19. The van der Waals surface area contributed by atoms with E-state index in [-0.39, 0.29) is 17.8 Å². The molecule has 1 heterocycles. The Hall–Kier alpha value is -2.69. The molecular formula is C25H26Cl2N2O2. The first-order valence-electron chi connectivity index (χ1n) is 9.90. The Morgan fingerprint density at radius 3 is 2.48 bits per heavy atom. The van der Waals surface area contributed by atoms with Gasteiger partial charge >= 0.3 is 0 Å². The van der Waals surface area contributed by atoms with Crippen molar-refractivity contribution in [3.63, 3.8) is 0 Å². The van der Waals surface area contributed by atoms with Gasteiger partial charge in [-0.15, -0.1) is 12.4 Å². The molecule has 0 aliphatic heterocycles. The van der Waals surface area contributed by atoms with Crippen LogP contribution in [0.15, 0.2) is 60.7 Å². The van der Waals surface area contributed by atoms with Gasteiger partial charge < -0.3 is 14.5 Å². The molecule has 0 amide bonds. The molecule has 162 valence electrons. The molecule has 4 rings (SSSR count). The molecule has 0 unspecified atom stereocenters. The van der Waals surface area contributed by atoms with E-state index < -0.39 is 0 Å². The largest absolute Gasteiger partial charge is 0.496 e. The highest BCUT2D eigenvalue weighted by molar-refractivity contribution is 6.32. The lowest BCUT2D eigenvalue weighted by molar-refractivity contribution is 0.297. The molecule has 0 saturated carbocycles. The molecule has 3 aromatic carbocycles. The number of fused-ring (bicyclic) bond motifs is 1.